The van der Waals surface area contributed by atoms with E-state index in [1.807, 2.05) is 0 Å². The Morgan fingerprint density at radius 3 is 2.84 bits per heavy atom. The molecule has 0 aromatic carbocycles. The van der Waals surface area contributed by atoms with Gasteiger partial charge in [0.25, 0.3) is 5.69 Å². The molecule has 2 heterocycles. The van der Waals surface area contributed by atoms with E-state index in [0.29, 0.717) is 22.7 Å². The van der Waals surface area contributed by atoms with Gasteiger partial charge in [-0.15, -0.1) is 0 Å². The Labute approximate surface area is 116 Å². The number of nitrogens with one attached hydrogen (secondary N) is 1. The number of aromatic nitrogens is 3. The van der Waals surface area contributed by atoms with Crippen LogP contribution in [0.15, 0.2) is 22.9 Å². The van der Waals surface area contributed by atoms with E-state index in [9.17, 15) is 10.1 Å². The number of halogens is 1. The fourth-order valence-electron chi connectivity index (χ4n) is 1.47. The van der Waals surface area contributed by atoms with Crippen LogP contribution in [0.5, 0.6) is 0 Å². The Morgan fingerprint density at radius 2 is 2.32 bits per heavy atom. The summed E-state index contributed by atoms with van der Waals surface area (Å²) in [7, 11) is 1.75. The van der Waals surface area contributed by atoms with E-state index in [2.05, 4.69) is 31.3 Å². The van der Waals surface area contributed by atoms with Gasteiger partial charge in [0.2, 0.25) is 0 Å². The van der Waals surface area contributed by atoms with Gasteiger partial charge in [-0.05, 0) is 15.9 Å². The smallest absolute Gasteiger partial charge is 0.288 e. The standard InChI is InChI=1S/C10H11BrN6O2/c1-16-9(12)6(4-15-16)3-13-10-8(11)2-7(5-14-10)17(18)19/h2,4-5H,3,12H2,1H3,(H,13,14). The summed E-state index contributed by atoms with van der Waals surface area (Å²) in [6.07, 6.45) is 2.85. The van der Waals surface area contributed by atoms with Crippen molar-refractivity contribution in [2.45, 2.75) is 6.54 Å². The highest BCUT2D eigenvalue weighted by atomic mass is 79.9. The number of nitrogen functional groups attached to an aromatic ring is 1. The number of nitro groups is 1. The summed E-state index contributed by atoms with van der Waals surface area (Å²) >= 11 is 3.23. The number of pyridine rings is 1. The van der Waals surface area contributed by atoms with Crippen LogP contribution in [0.3, 0.4) is 0 Å². The zero-order valence-electron chi connectivity index (χ0n) is 10.00. The number of anilines is 2. The molecule has 3 N–H and O–H groups in total. The van der Waals surface area contributed by atoms with Gasteiger partial charge in [0, 0.05) is 25.2 Å². The second kappa shape index (κ2) is 5.22. The predicted molar refractivity (Wildman–Crippen MR) is 73.5 cm³/mol. The van der Waals surface area contributed by atoms with Gasteiger partial charge < -0.3 is 11.1 Å². The van der Waals surface area contributed by atoms with Crippen LogP contribution in [0.2, 0.25) is 0 Å². The van der Waals surface area contributed by atoms with E-state index >= 15 is 0 Å². The van der Waals surface area contributed by atoms with Crippen molar-refractivity contribution in [3.05, 3.63) is 38.6 Å². The lowest BCUT2D eigenvalue weighted by Crippen LogP contribution is -2.05. The Kier molecular flexibility index (Phi) is 3.65. The van der Waals surface area contributed by atoms with Crippen LogP contribution in [0.4, 0.5) is 17.3 Å². The quantitative estimate of drug-likeness (QED) is 0.653. The van der Waals surface area contributed by atoms with E-state index in [0.717, 1.165) is 5.56 Å². The predicted octanol–water partition coefficient (Wildman–Crippen LogP) is 1.68. The van der Waals surface area contributed by atoms with Crippen molar-refractivity contribution in [3.63, 3.8) is 0 Å². The molecule has 100 valence electrons. The number of nitrogens with zero attached hydrogens (tertiary/aromatic N) is 4. The van der Waals surface area contributed by atoms with E-state index < -0.39 is 4.92 Å². The highest BCUT2D eigenvalue weighted by Gasteiger charge is 2.11. The Hall–Kier alpha value is -2.16. The van der Waals surface area contributed by atoms with Crippen LogP contribution in [0.1, 0.15) is 5.56 Å². The average Bonchev–Trinajstić information content (AvgIpc) is 2.68. The SMILES string of the molecule is Cn1ncc(CNc2ncc([N+](=O)[O-])cc2Br)c1N. The molecule has 0 aliphatic heterocycles. The topological polar surface area (TPSA) is 112 Å². The van der Waals surface area contributed by atoms with Crippen LogP contribution in [-0.4, -0.2) is 19.7 Å². The number of nitrogens with two attached hydrogens (primary N) is 1. The molecule has 0 spiro atoms. The maximum atomic E-state index is 10.6. The second-order valence-corrected chi connectivity index (χ2v) is 4.67. The van der Waals surface area contributed by atoms with Crippen LogP contribution in [0.25, 0.3) is 0 Å². The normalized spacial score (nSPS) is 10.4. The fourth-order valence-corrected chi connectivity index (χ4v) is 1.94. The molecule has 0 fully saturated rings. The molecule has 8 nitrogen and oxygen atoms in total. The van der Waals surface area contributed by atoms with Crippen molar-refractivity contribution in [1.29, 1.82) is 0 Å². The summed E-state index contributed by atoms with van der Waals surface area (Å²) in [5.74, 6) is 1.07. The highest BCUT2D eigenvalue weighted by Crippen LogP contribution is 2.25. The molecule has 2 aromatic rings. The van der Waals surface area contributed by atoms with Crippen molar-refractivity contribution < 1.29 is 4.92 Å². The summed E-state index contributed by atoms with van der Waals surface area (Å²) in [5, 5.41) is 17.6. The van der Waals surface area contributed by atoms with Gasteiger partial charge >= 0.3 is 0 Å². The first-order valence-electron chi connectivity index (χ1n) is 5.29. The zero-order valence-corrected chi connectivity index (χ0v) is 11.6. The second-order valence-electron chi connectivity index (χ2n) is 3.81. The maximum Gasteiger partial charge on any atom is 0.288 e. The van der Waals surface area contributed by atoms with Gasteiger partial charge in [-0.3, -0.25) is 14.8 Å². The third kappa shape index (κ3) is 2.81. The lowest BCUT2D eigenvalue weighted by Gasteiger charge is -2.06. The number of rotatable bonds is 4. The molecule has 0 radical (unpaired) electrons. The van der Waals surface area contributed by atoms with Crippen molar-refractivity contribution in [2.75, 3.05) is 11.1 Å². The van der Waals surface area contributed by atoms with Gasteiger partial charge in [0.05, 0.1) is 15.6 Å². The molecule has 0 bridgehead atoms. The number of hydrogen-bond donors (Lipinski definition) is 2. The minimum atomic E-state index is -0.499. The molecule has 0 aliphatic rings. The minimum absolute atomic E-state index is 0.0710. The molecule has 0 amide bonds. The molecule has 2 aromatic heterocycles. The summed E-state index contributed by atoms with van der Waals surface area (Å²) in [6, 6.07) is 1.39. The van der Waals surface area contributed by atoms with E-state index in [1.165, 1.54) is 12.3 Å². The molecule has 2 rings (SSSR count). The Bertz CT molecular complexity index is 626. The lowest BCUT2D eigenvalue weighted by atomic mass is 10.3. The van der Waals surface area contributed by atoms with E-state index in [-0.39, 0.29) is 5.69 Å². The molecule has 0 aliphatic carbocycles. The highest BCUT2D eigenvalue weighted by molar-refractivity contribution is 9.10. The molecular weight excluding hydrogens is 316 g/mol. The minimum Gasteiger partial charge on any atom is -0.384 e. The van der Waals surface area contributed by atoms with Gasteiger partial charge in [-0.2, -0.15) is 5.10 Å². The third-order valence-corrected chi connectivity index (χ3v) is 3.15. The first-order chi connectivity index (χ1) is 8.99. The molecule has 19 heavy (non-hydrogen) atoms. The van der Waals surface area contributed by atoms with Crippen molar-refractivity contribution in [3.8, 4) is 0 Å². The third-order valence-electron chi connectivity index (χ3n) is 2.55. The van der Waals surface area contributed by atoms with Crippen LogP contribution >= 0.6 is 15.9 Å². The molecular formula is C10H11BrN6O2. The van der Waals surface area contributed by atoms with Crippen LogP contribution < -0.4 is 11.1 Å². The maximum absolute atomic E-state index is 10.6. The molecule has 0 saturated heterocycles. The zero-order chi connectivity index (χ0) is 14.0. The number of hydrogen-bond acceptors (Lipinski definition) is 6. The van der Waals surface area contributed by atoms with Crippen LogP contribution in [0, 0.1) is 10.1 Å². The average molecular weight is 327 g/mol. The summed E-state index contributed by atoms with van der Waals surface area (Å²) in [4.78, 5) is 14.1. The van der Waals surface area contributed by atoms with Gasteiger partial charge in [-0.25, -0.2) is 4.98 Å². The summed E-state index contributed by atoms with van der Waals surface area (Å²) in [5.41, 5.74) is 6.56. The molecule has 0 unspecified atom stereocenters. The lowest BCUT2D eigenvalue weighted by molar-refractivity contribution is -0.385. The first kappa shape index (κ1) is 13.3. The van der Waals surface area contributed by atoms with E-state index in [1.54, 1.807) is 17.9 Å². The van der Waals surface area contributed by atoms with Crippen molar-refractivity contribution >= 4 is 33.3 Å². The monoisotopic (exact) mass is 326 g/mol. The Morgan fingerprint density at radius 1 is 1.58 bits per heavy atom. The van der Waals surface area contributed by atoms with Gasteiger partial charge in [0.1, 0.15) is 17.8 Å². The van der Waals surface area contributed by atoms with Crippen molar-refractivity contribution in [2.24, 2.45) is 7.05 Å². The molecule has 9 heteroatoms. The van der Waals surface area contributed by atoms with Crippen molar-refractivity contribution in [1.82, 2.24) is 14.8 Å². The van der Waals surface area contributed by atoms with Crippen LogP contribution in [-0.2, 0) is 13.6 Å². The number of aryl methyl sites for hydroxylation is 1. The first-order valence-corrected chi connectivity index (χ1v) is 6.08. The van der Waals surface area contributed by atoms with Gasteiger partial charge in [-0.1, -0.05) is 0 Å². The fraction of sp³-hybridized carbons (Fsp3) is 0.200. The van der Waals surface area contributed by atoms with E-state index in [4.69, 9.17) is 5.73 Å². The Balaban J connectivity index is 2.12. The summed E-state index contributed by atoms with van der Waals surface area (Å²) < 4.78 is 2.08. The molecule has 0 saturated carbocycles. The molecule has 0 atom stereocenters. The van der Waals surface area contributed by atoms with Gasteiger partial charge in [0.15, 0.2) is 0 Å². The summed E-state index contributed by atoms with van der Waals surface area (Å²) in [6.45, 7) is 0.434. The largest absolute Gasteiger partial charge is 0.384 e.